The molecule has 0 atom stereocenters. The van der Waals surface area contributed by atoms with E-state index in [1.165, 1.54) is 32.1 Å². The van der Waals surface area contributed by atoms with Crippen LogP contribution in [-0.4, -0.2) is 12.6 Å². The van der Waals surface area contributed by atoms with Crippen LogP contribution in [0, 0.1) is 12.8 Å². The fourth-order valence-electron chi connectivity index (χ4n) is 2.76. The van der Waals surface area contributed by atoms with Gasteiger partial charge in [-0.25, -0.2) is 4.79 Å². The normalized spacial score (nSPS) is 15.9. The number of benzene rings is 1. The molecule has 0 heterocycles. The first-order valence-electron chi connectivity index (χ1n) is 7.46. The van der Waals surface area contributed by atoms with Gasteiger partial charge in [0.25, 0.3) is 0 Å². The van der Waals surface area contributed by atoms with Crippen molar-refractivity contribution in [3.8, 4) is 0 Å². The Morgan fingerprint density at radius 3 is 2.80 bits per heavy atom. The zero-order chi connectivity index (χ0) is 14.4. The Labute approximate surface area is 126 Å². The van der Waals surface area contributed by atoms with Crippen molar-refractivity contribution in [3.05, 3.63) is 28.8 Å². The summed E-state index contributed by atoms with van der Waals surface area (Å²) in [5, 5.41) is 6.42. The van der Waals surface area contributed by atoms with Gasteiger partial charge in [-0.3, -0.25) is 0 Å². The van der Waals surface area contributed by atoms with Crippen molar-refractivity contribution in [1.29, 1.82) is 0 Å². The minimum atomic E-state index is -0.147. The lowest BCUT2D eigenvalue weighted by atomic mass is 9.87. The van der Waals surface area contributed by atoms with E-state index in [1.807, 2.05) is 19.1 Å². The van der Waals surface area contributed by atoms with E-state index in [1.54, 1.807) is 6.07 Å². The van der Waals surface area contributed by atoms with Crippen LogP contribution in [-0.2, 0) is 0 Å². The minimum absolute atomic E-state index is 0.147. The highest BCUT2D eigenvalue weighted by molar-refractivity contribution is 6.31. The fourth-order valence-corrected chi connectivity index (χ4v) is 2.93. The Morgan fingerprint density at radius 1 is 1.30 bits per heavy atom. The second-order valence-electron chi connectivity index (χ2n) is 5.63. The van der Waals surface area contributed by atoms with Gasteiger partial charge < -0.3 is 10.6 Å². The number of hydrogen-bond donors (Lipinski definition) is 2. The first kappa shape index (κ1) is 15.2. The molecule has 1 aliphatic rings. The molecular weight excluding hydrogens is 272 g/mol. The second kappa shape index (κ2) is 7.53. The van der Waals surface area contributed by atoms with Crippen LogP contribution in [0.15, 0.2) is 18.2 Å². The van der Waals surface area contributed by atoms with Gasteiger partial charge in [0.05, 0.1) is 0 Å². The van der Waals surface area contributed by atoms with Crippen LogP contribution in [0.2, 0.25) is 5.02 Å². The van der Waals surface area contributed by atoms with E-state index >= 15 is 0 Å². The molecular formula is C16H23ClN2O. The van der Waals surface area contributed by atoms with Gasteiger partial charge in [-0.05, 0) is 37.0 Å². The molecule has 4 heteroatoms. The topological polar surface area (TPSA) is 41.1 Å². The second-order valence-corrected chi connectivity index (χ2v) is 6.07. The van der Waals surface area contributed by atoms with Gasteiger partial charge in [0.15, 0.2) is 0 Å². The summed E-state index contributed by atoms with van der Waals surface area (Å²) < 4.78 is 0. The van der Waals surface area contributed by atoms with Crippen LogP contribution < -0.4 is 10.6 Å². The molecule has 0 aliphatic heterocycles. The predicted molar refractivity (Wildman–Crippen MR) is 84.4 cm³/mol. The molecule has 1 saturated carbocycles. The Morgan fingerprint density at radius 2 is 2.05 bits per heavy atom. The molecule has 20 heavy (non-hydrogen) atoms. The molecule has 1 aliphatic carbocycles. The standard InChI is InChI=1S/C16H23ClN2O/c1-12-7-8-14(17)11-15(12)19-16(20)18-10-9-13-5-3-2-4-6-13/h7-8,11,13H,2-6,9-10H2,1H3,(H2,18,19,20). The van der Waals surface area contributed by atoms with Crippen molar-refractivity contribution in [2.24, 2.45) is 5.92 Å². The van der Waals surface area contributed by atoms with Crippen LogP contribution in [0.25, 0.3) is 0 Å². The zero-order valence-corrected chi connectivity index (χ0v) is 12.8. The molecule has 2 rings (SSSR count). The summed E-state index contributed by atoms with van der Waals surface area (Å²) in [5.74, 6) is 0.789. The van der Waals surface area contributed by atoms with Crippen molar-refractivity contribution in [3.63, 3.8) is 0 Å². The zero-order valence-electron chi connectivity index (χ0n) is 12.0. The van der Waals surface area contributed by atoms with E-state index < -0.39 is 0 Å². The number of rotatable bonds is 4. The number of urea groups is 1. The van der Waals surface area contributed by atoms with Crippen molar-refractivity contribution >= 4 is 23.3 Å². The molecule has 1 fully saturated rings. The van der Waals surface area contributed by atoms with Gasteiger partial charge in [0.2, 0.25) is 0 Å². The molecule has 2 amide bonds. The largest absolute Gasteiger partial charge is 0.338 e. The van der Waals surface area contributed by atoms with Crippen LogP contribution >= 0.6 is 11.6 Å². The number of nitrogens with one attached hydrogen (secondary N) is 2. The summed E-state index contributed by atoms with van der Waals surface area (Å²) in [6.07, 6.45) is 7.78. The highest BCUT2D eigenvalue weighted by Crippen LogP contribution is 2.25. The first-order valence-corrected chi connectivity index (χ1v) is 7.84. The maximum Gasteiger partial charge on any atom is 0.319 e. The highest BCUT2D eigenvalue weighted by atomic mass is 35.5. The van der Waals surface area contributed by atoms with E-state index in [0.29, 0.717) is 5.02 Å². The van der Waals surface area contributed by atoms with E-state index in [-0.39, 0.29) is 6.03 Å². The predicted octanol–water partition coefficient (Wildman–Crippen LogP) is 4.74. The number of anilines is 1. The van der Waals surface area contributed by atoms with Crippen LogP contribution in [0.1, 0.15) is 44.1 Å². The highest BCUT2D eigenvalue weighted by Gasteiger charge is 2.13. The molecule has 0 spiro atoms. The number of aryl methyl sites for hydroxylation is 1. The first-order chi connectivity index (χ1) is 9.65. The summed E-state index contributed by atoms with van der Waals surface area (Å²) in [7, 11) is 0. The van der Waals surface area contributed by atoms with Crippen LogP contribution in [0.5, 0.6) is 0 Å². The Hall–Kier alpha value is -1.22. The van der Waals surface area contributed by atoms with E-state index in [9.17, 15) is 4.79 Å². The van der Waals surface area contributed by atoms with Gasteiger partial charge in [-0.1, -0.05) is 49.8 Å². The minimum Gasteiger partial charge on any atom is -0.338 e. The molecule has 0 bridgehead atoms. The average Bonchev–Trinajstić information content (AvgIpc) is 2.44. The summed E-state index contributed by atoms with van der Waals surface area (Å²) in [6.45, 7) is 2.70. The van der Waals surface area contributed by atoms with Gasteiger partial charge in [-0.2, -0.15) is 0 Å². The molecule has 3 nitrogen and oxygen atoms in total. The smallest absolute Gasteiger partial charge is 0.319 e. The molecule has 1 aromatic carbocycles. The third-order valence-corrected chi connectivity index (χ3v) is 4.25. The Balaban J connectivity index is 1.73. The van der Waals surface area contributed by atoms with Gasteiger partial charge >= 0.3 is 6.03 Å². The lowest BCUT2D eigenvalue weighted by molar-refractivity contribution is 0.250. The van der Waals surface area contributed by atoms with Gasteiger partial charge in [0.1, 0.15) is 0 Å². The molecule has 110 valence electrons. The maximum atomic E-state index is 11.9. The van der Waals surface area contributed by atoms with E-state index in [0.717, 1.165) is 30.1 Å². The van der Waals surface area contributed by atoms with Crippen molar-refractivity contribution in [1.82, 2.24) is 5.32 Å². The Bertz CT molecular complexity index is 456. The quantitative estimate of drug-likeness (QED) is 0.827. The molecule has 0 radical (unpaired) electrons. The van der Waals surface area contributed by atoms with Crippen molar-refractivity contribution in [2.75, 3.05) is 11.9 Å². The summed E-state index contributed by atoms with van der Waals surface area (Å²) >= 11 is 5.93. The number of halogens is 1. The molecule has 0 unspecified atom stereocenters. The Kier molecular flexibility index (Phi) is 5.72. The monoisotopic (exact) mass is 294 g/mol. The lowest BCUT2D eigenvalue weighted by Crippen LogP contribution is -2.31. The van der Waals surface area contributed by atoms with E-state index in [2.05, 4.69) is 10.6 Å². The lowest BCUT2D eigenvalue weighted by Gasteiger charge is -2.21. The number of hydrogen-bond acceptors (Lipinski definition) is 1. The third-order valence-electron chi connectivity index (χ3n) is 4.01. The summed E-state index contributed by atoms with van der Waals surface area (Å²) in [4.78, 5) is 11.9. The fraction of sp³-hybridized carbons (Fsp3) is 0.562. The number of carbonyl (C=O) groups excluding carboxylic acids is 1. The van der Waals surface area contributed by atoms with Crippen molar-refractivity contribution in [2.45, 2.75) is 45.4 Å². The molecule has 1 aromatic rings. The van der Waals surface area contributed by atoms with Crippen molar-refractivity contribution < 1.29 is 4.79 Å². The third kappa shape index (κ3) is 4.71. The van der Waals surface area contributed by atoms with Gasteiger partial charge in [-0.15, -0.1) is 0 Å². The van der Waals surface area contributed by atoms with Gasteiger partial charge in [0, 0.05) is 17.3 Å². The van der Waals surface area contributed by atoms with Crippen LogP contribution in [0.3, 0.4) is 0 Å². The SMILES string of the molecule is Cc1ccc(Cl)cc1NC(=O)NCCC1CCCCC1. The number of amides is 2. The molecule has 0 saturated heterocycles. The summed E-state index contributed by atoms with van der Waals surface area (Å²) in [6, 6.07) is 5.35. The molecule has 2 N–H and O–H groups in total. The molecule has 0 aromatic heterocycles. The number of carbonyl (C=O) groups is 1. The maximum absolute atomic E-state index is 11.9. The van der Waals surface area contributed by atoms with E-state index in [4.69, 9.17) is 11.6 Å². The summed E-state index contributed by atoms with van der Waals surface area (Å²) in [5.41, 5.74) is 1.78. The van der Waals surface area contributed by atoms with Crippen LogP contribution in [0.4, 0.5) is 10.5 Å². The average molecular weight is 295 g/mol.